The lowest BCUT2D eigenvalue weighted by Crippen LogP contribution is -2.63. The molecule has 2 fully saturated rings. The van der Waals surface area contributed by atoms with Gasteiger partial charge in [-0.25, -0.2) is 0 Å². The van der Waals surface area contributed by atoms with Gasteiger partial charge >= 0.3 is 6.01 Å². The fourth-order valence-corrected chi connectivity index (χ4v) is 2.60. The van der Waals surface area contributed by atoms with Gasteiger partial charge in [0.2, 0.25) is 11.2 Å². The summed E-state index contributed by atoms with van der Waals surface area (Å²) >= 11 is 5.85. The van der Waals surface area contributed by atoms with E-state index < -0.39 is 0 Å². The Hall–Kier alpha value is -1.18. The van der Waals surface area contributed by atoms with E-state index in [4.69, 9.17) is 16.3 Å². The number of methoxy groups -OCH3 is 1. The number of nitrogens with one attached hydrogen (secondary N) is 1. The predicted octanol–water partition coefficient (Wildman–Crippen LogP) is -0.373. The molecule has 1 aromatic heterocycles. The van der Waals surface area contributed by atoms with Crippen molar-refractivity contribution in [2.24, 2.45) is 0 Å². The third-order valence-electron chi connectivity index (χ3n) is 3.57. The zero-order valence-electron chi connectivity index (χ0n) is 10.8. The Morgan fingerprint density at radius 2 is 1.95 bits per heavy atom. The molecule has 0 unspecified atom stereocenters. The summed E-state index contributed by atoms with van der Waals surface area (Å²) in [5.41, 5.74) is 0. The van der Waals surface area contributed by atoms with E-state index in [1.165, 1.54) is 7.11 Å². The van der Waals surface area contributed by atoms with Crippen LogP contribution in [0.5, 0.6) is 6.01 Å². The summed E-state index contributed by atoms with van der Waals surface area (Å²) in [6.45, 7) is 6.23. The molecule has 8 heteroatoms. The maximum absolute atomic E-state index is 5.85. The van der Waals surface area contributed by atoms with Crippen molar-refractivity contribution in [1.29, 1.82) is 0 Å². The Labute approximate surface area is 116 Å². The van der Waals surface area contributed by atoms with E-state index >= 15 is 0 Å². The summed E-state index contributed by atoms with van der Waals surface area (Å²) in [5, 5.41) is 3.53. The molecule has 2 saturated heterocycles. The number of nitrogens with zero attached hydrogens (tertiary/aromatic N) is 5. The fourth-order valence-electron chi connectivity index (χ4n) is 2.45. The number of piperazine rings is 1. The molecule has 3 heterocycles. The molecule has 0 spiro atoms. The van der Waals surface area contributed by atoms with Crippen molar-refractivity contribution in [2.75, 3.05) is 51.3 Å². The SMILES string of the molecule is COc1nc(Cl)nc(N2CC(N3CCNCC3)C2)n1. The van der Waals surface area contributed by atoms with Crippen molar-refractivity contribution in [3.05, 3.63) is 5.28 Å². The highest BCUT2D eigenvalue weighted by atomic mass is 35.5. The lowest BCUT2D eigenvalue weighted by molar-refractivity contribution is 0.146. The lowest BCUT2D eigenvalue weighted by Gasteiger charge is -2.46. The normalized spacial score (nSPS) is 21.3. The quantitative estimate of drug-likeness (QED) is 0.812. The minimum atomic E-state index is 0.174. The van der Waals surface area contributed by atoms with E-state index in [1.54, 1.807) is 0 Å². The molecule has 0 aromatic carbocycles. The van der Waals surface area contributed by atoms with Crippen LogP contribution in [-0.2, 0) is 0 Å². The largest absolute Gasteiger partial charge is 0.467 e. The molecule has 0 aliphatic carbocycles. The second-order valence-electron chi connectivity index (χ2n) is 4.74. The van der Waals surface area contributed by atoms with Gasteiger partial charge in [0.05, 0.1) is 7.11 Å². The number of aromatic nitrogens is 3. The van der Waals surface area contributed by atoms with E-state index in [-0.39, 0.29) is 11.3 Å². The topological polar surface area (TPSA) is 66.4 Å². The highest BCUT2D eigenvalue weighted by Crippen LogP contribution is 2.22. The summed E-state index contributed by atoms with van der Waals surface area (Å²) in [6.07, 6.45) is 0. The van der Waals surface area contributed by atoms with Crippen LogP contribution in [0.3, 0.4) is 0 Å². The third kappa shape index (κ3) is 2.72. The molecule has 1 N–H and O–H groups in total. The van der Waals surface area contributed by atoms with Crippen molar-refractivity contribution in [2.45, 2.75) is 6.04 Å². The second-order valence-corrected chi connectivity index (χ2v) is 5.07. The third-order valence-corrected chi connectivity index (χ3v) is 3.74. The van der Waals surface area contributed by atoms with E-state index in [0.717, 1.165) is 39.3 Å². The van der Waals surface area contributed by atoms with Crippen molar-refractivity contribution < 1.29 is 4.74 Å². The van der Waals surface area contributed by atoms with Crippen LogP contribution in [0.1, 0.15) is 0 Å². The van der Waals surface area contributed by atoms with Crippen molar-refractivity contribution in [1.82, 2.24) is 25.2 Å². The maximum atomic E-state index is 5.85. The molecule has 7 nitrogen and oxygen atoms in total. The highest BCUT2D eigenvalue weighted by molar-refractivity contribution is 6.28. The lowest BCUT2D eigenvalue weighted by atomic mass is 10.1. The number of rotatable bonds is 3. The molecule has 0 atom stereocenters. The van der Waals surface area contributed by atoms with Gasteiger partial charge in [-0.1, -0.05) is 0 Å². The van der Waals surface area contributed by atoms with Gasteiger partial charge in [-0.2, -0.15) is 15.0 Å². The van der Waals surface area contributed by atoms with E-state index in [9.17, 15) is 0 Å². The maximum Gasteiger partial charge on any atom is 0.322 e. The zero-order valence-corrected chi connectivity index (χ0v) is 11.6. The van der Waals surface area contributed by atoms with Crippen molar-refractivity contribution in [3.63, 3.8) is 0 Å². The van der Waals surface area contributed by atoms with Crippen molar-refractivity contribution >= 4 is 17.5 Å². The summed E-state index contributed by atoms with van der Waals surface area (Å²) < 4.78 is 5.01. The first-order valence-electron chi connectivity index (χ1n) is 6.41. The molecular weight excluding hydrogens is 268 g/mol. The molecule has 0 bridgehead atoms. The highest BCUT2D eigenvalue weighted by Gasteiger charge is 2.34. The van der Waals surface area contributed by atoms with Crippen LogP contribution < -0.4 is 15.0 Å². The van der Waals surface area contributed by atoms with Gasteiger partial charge in [0.1, 0.15) is 0 Å². The number of anilines is 1. The molecule has 2 aliphatic rings. The van der Waals surface area contributed by atoms with Gasteiger partial charge in [-0.05, 0) is 11.6 Å². The first-order chi connectivity index (χ1) is 9.26. The average molecular weight is 285 g/mol. The number of ether oxygens (including phenoxy) is 1. The molecule has 2 aliphatic heterocycles. The first kappa shape index (κ1) is 12.8. The average Bonchev–Trinajstić information content (AvgIpc) is 2.37. The smallest absolute Gasteiger partial charge is 0.322 e. The molecule has 0 amide bonds. The molecule has 0 radical (unpaired) electrons. The van der Waals surface area contributed by atoms with Gasteiger partial charge in [-0.15, -0.1) is 0 Å². The van der Waals surface area contributed by atoms with Gasteiger partial charge in [0.15, 0.2) is 0 Å². The first-order valence-corrected chi connectivity index (χ1v) is 6.79. The molecule has 3 rings (SSSR count). The Kier molecular flexibility index (Phi) is 3.67. The standard InChI is InChI=1S/C11H17ClN6O/c1-19-11-15-9(12)14-10(16-11)18-6-8(7-18)17-4-2-13-3-5-17/h8,13H,2-7H2,1H3. The van der Waals surface area contributed by atoms with Crippen LogP contribution in [-0.4, -0.2) is 72.3 Å². The van der Waals surface area contributed by atoms with Gasteiger partial charge in [-0.3, -0.25) is 4.90 Å². The monoisotopic (exact) mass is 284 g/mol. The van der Waals surface area contributed by atoms with Crippen LogP contribution >= 0.6 is 11.6 Å². The van der Waals surface area contributed by atoms with Crippen LogP contribution in [0.2, 0.25) is 5.28 Å². The van der Waals surface area contributed by atoms with Gasteiger partial charge in [0, 0.05) is 45.3 Å². The molecular formula is C11H17ClN6O. The van der Waals surface area contributed by atoms with E-state index in [2.05, 4.69) is 30.1 Å². The summed E-state index contributed by atoms with van der Waals surface area (Å²) in [7, 11) is 1.52. The van der Waals surface area contributed by atoms with Crippen LogP contribution in [0.4, 0.5) is 5.95 Å². The zero-order chi connectivity index (χ0) is 13.2. The van der Waals surface area contributed by atoms with Crippen molar-refractivity contribution in [3.8, 4) is 6.01 Å². The van der Waals surface area contributed by atoms with Crippen LogP contribution in [0.25, 0.3) is 0 Å². The molecule has 1 aromatic rings. The minimum absolute atomic E-state index is 0.174. The molecule has 19 heavy (non-hydrogen) atoms. The molecule has 104 valence electrons. The van der Waals surface area contributed by atoms with Gasteiger partial charge < -0.3 is 15.0 Å². The van der Waals surface area contributed by atoms with E-state index in [0.29, 0.717) is 12.0 Å². The van der Waals surface area contributed by atoms with Gasteiger partial charge in [0.25, 0.3) is 0 Å². The Morgan fingerprint density at radius 3 is 2.63 bits per heavy atom. The fraction of sp³-hybridized carbons (Fsp3) is 0.727. The molecule has 0 saturated carbocycles. The van der Waals surface area contributed by atoms with Crippen LogP contribution in [0, 0.1) is 0 Å². The summed E-state index contributed by atoms with van der Waals surface area (Å²) in [5.74, 6) is 0.600. The summed E-state index contributed by atoms with van der Waals surface area (Å²) in [4.78, 5) is 16.8. The predicted molar refractivity (Wildman–Crippen MR) is 71.8 cm³/mol. The number of hydrogen-bond donors (Lipinski definition) is 1. The van der Waals surface area contributed by atoms with Crippen LogP contribution in [0.15, 0.2) is 0 Å². The number of halogens is 1. The Morgan fingerprint density at radius 1 is 1.21 bits per heavy atom. The van der Waals surface area contributed by atoms with E-state index in [1.807, 2.05) is 0 Å². The summed E-state index contributed by atoms with van der Waals surface area (Å²) in [6, 6.07) is 0.851. The second kappa shape index (κ2) is 5.44. The number of hydrogen-bond acceptors (Lipinski definition) is 7. The Bertz CT molecular complexity index is 447. The minimum Gasteiger partial charge on any atom is -0.467 e. The Balaban J connectivity index is 1.62.